The molecule has 3 rings (SSSR count). The molecule has 0 amide bonds. The van der Waals surface area contributed by atoms with Crippen LogP contribution in [0.4, 0.5) is 11.4 Å². The molecule has 8 nitrogen and oxygen atoms in total. The first kappa shape index (κ1) is 20.7. The summed E-state index contributed by atoms with van der Waals surface area (Å²) in [6.07, 6.45) is 5.34. The van der Waals surface area contributed by atoms with Crippen LogP contribution in [0, 0.1) is 10.1 Å². The zero-order valence-corrected chi connectivity index (χ0v) is 16.7. The molecule has 1 heterocycles. The van der Waals surface area contributed by atoms with Crippen LogP contribution < -0.4 is 14.4 Å². The zero-order chi connectivity index (χ0) is 21.1. The van der Waals surface area contributed by atoms with Gasteiger partial charge in [0.2, 0.25) is 0 Å². The number of ether oxygens (including phenoxy) is 1. The molecule has 152 valence electrons. The SMILES string of the molecule is CCS(=O)(=O)[N+]1(c2ccc(Oc3ccc([N+](=O)[O-])cc3)cc2)C=C(CN)C=CC1. The van der Waals surface area contributed by atoms with Gasteiger partial charge in [-0.25, -0.2) is 0 Å². The minimum Gasteiger partial charge on any atom is -0.457 e. The number of nitro benzene ring substituents is 1. The van der Waals surface area contributed by atoms with E-state index in [-0.39, 0.29) is 28.4 Å². The third-order valence-corrected chi connectivity index (χ3v) is 6.92. The van der Waals surface area contributed by atoms with Crippen molar-refractivity contribution in [3.8, 4) is 11.5 Å². The third-order valence-electron chi connectivity index (χ3n) is 4.74. The average molecular weight is 416 g/mol. The molecular formula is C20H22N3O5S+. The maximum atomic E-state index is 13.0. The summed E-state index contributed by atoms with van der Waals surface area (Å²) < 4.78 is 31.3. The van der Waals surface area contributed by atoms with Gasteiger partial charge in [0.1, 0.15) is 24.2 Å². The molecule has 1 atom stereocenters. The smallest absolute Gasteiger partial charge is 0.306 e. The van der Waals surface area contributed by atoms with Gasteiger partial charge < -0.3 is 10.5 Å². The maximum Gasteiger partial charge on any atom is 0.306 e. The van der Waals surface area contributed by atoms with Gasteiger partial charge >= 0.3 is 10.0 Å². The summed E-state index contributed by atoms with van der Waals surface area (Å²) in [5, 5.41) is 10.7. The van der Waals surface area contributed by atoms with E-state index in [2.05, 4.69) is 0 Å². The van der Waals surface area contributed by atoms with Crippen molar-refractivity contribution in [2.24, 2.45) is 5.73 Å². The average Bonchev–Trinajstić information content (AvgIpc) is 2.74. The molecule has 9 heteroatoms. The standard InChI is InChI=1S/C20H22N3O5S/c1-2-29(26,27)23(13-3-4-16(14-21)15-23)18-7-11-20(12-8-18)28-19-9-5-17(6-10-19)22(24)25/h3-12,15H,2,13-14,21H2,1H3/q+1. The Bertz CT molecular complexity index is 1060. The van der Waals surface area contributed by atoms with Crippen LogP contribution in [-0.4, -0.2) is 32.2 Å². The predicted octanol–water partition coefficient (Wildman–Crippen LogP) is 3.46. The predicted molar refractivity (Wildman–Crippen MR) is 112 cm³/mol. The van der Waals surface area contributed by atoms with E-state index in [1.807, 2.05) is 12.2 Å². The van der Waals surface area contributed by atoms with Crippen molar-refractivity contribution in [3.63, 3.8) is 0 Å². The number of hydrogen-bond donors (Lipinski definition) is 1. The van der Waals surface area contributed by atoms with Crippen molar-refractivity contribution >= 4 is 21.4 Å². The summed E-state index contributed by atoms with van der Waals surface area (Å²) in [5.41, 5.74) is 7.05. The fourth-order valence-corrected chi connectivity index (χ4v) is 4.66. The molecule has 29 heavy (non-hydrogen) atoms. The van der Waals surface area contributed by atoms with Crippen LogP contribution in [0.5, 0.6) is 11.5 Å². The monoisotopic (exact) mass is 416 g/mol. The highest BCUT2D eigenvalue weighted by Crippen LogP contribution is 2.34. The number of hydrogen-bond acceptors (Lipinski definition) is 6. The van der Waals surface area contributed by atoms with Crippen LogP contribution in [-0.2, 0) is 10.0 Å². The van der Waals surface area contributed by atoms with E-state index in [0.717, 1.165) is 5.57 Å². The highest BCUT2D eigenvalue weighted by atomic mass is 32.2. The number of sulfonamides is 1. The summed E-state index contributed by atoms with van der Waals surface area (Å²) in [6.45, 7) is 2.15. The van der Waals surface area contributed by atoms with Gasteiger partial charge in [-0.2, -0.15) is 12.3 Å². The van der Waals surface area contributed by atoms with Gasteiger partial charge in [0, 0.05) is 36.4 Å². The summed E-state index contributed by atoms with van der Waals surface area (Å²) in [6, 6.07) is 12.5. The van der Waals surface area contributed by atoms with Crippen molar-refractivity contribution in [1.82, 2.24) is 3.89 Å². The first-order valence-corrected chi connectivity index (χ1v) is 10.6. The second kappa shape index (κ2) is 8.16. The molecule has 0 aliphatic carbocycles. The molecule has 2 aromatic rings. The minimum atomic E-state index is -3.51. The van der Waals surface area contributed by atoms with E-state index in [9.17, 15) is 18.5 Å². The number of nitrogens with two attached hydrogens (primary N) is 1. The van der Waals surface area contributed by atoms with Crippen molar-refractivity contribution in [1.29, 1.82) is 0 Å². The van der Waals surface area contributed by atoms with E-state index < -0.39 is 14.9 Å². The maximum absolute atomic E-state index is 13.0. The van der Waals surface area contributed by atoms with E-state index in [1.54, 1.807) is 37.4 Å². The fraction of sp³-hybridized carbons (Fsp3) is 0.200. The Kier molecular flexibility index (Phi) is 5.83. The topological polar surface area (TPSA) is 113 Å². The molecule has 0 radical (unpaired) electrons. The number of nitro groups is 1. The number of nitrogens with zero attached hydrogens (tertiary/aromatic N) is 2. The highest BCUT2D eigenvalue weighted by Gasteiger charge is 2.42. The van der Waals surface area contributed by atoms with Crippen LogP contribution in [0.2, 0.25) is 0 Å². The van der Waals surface area contributed by atoms with Gasteiger partial charge in [0.15, 0.2) is 5.69 Å². The van der Waals surface area contributed by atoms with Gasteiger partial charge in [-0.3, -0.25) is 10.1 Å². The van der Waals surface area contributed by atoms with Crippen LogP contribution in [0.1, 0.15) is 6.92 Å². The second-order valence-corrected chi connectivity index (χ2v) is 8.90. The van der Waals surface area contributed by atoms with Crippen molar-refractivity contribution in [3.05, 3.63) is 82.6 Å². The molecule has 0 fully saturated rings. The van der Waals surface area contributed by atoms with Crippen LogP contribution in [0.25, 0.3) is 0 Å². The van der Waals surface area contributed by atoms with Gasteiger partial charge in [-0.15, -0.1) is 0 Å². The summed E-state index contributed by atoms with van der Waals surface area (Å²) in [5.74, 6) is 0.917. The number of benzene rings is 2. The summed E-state index contributed by atoms with van der Waals surface area (Å²) >= 11 is 0. The van der Waals surface area contributed by atoms with Crippen molar-refractivity contribution < 1.29 is 18.1 Å². The second-order valence-electron chi connectivity index (χ2n) is 6.51. The molecule has 0 saturated carbocycles. The van der Waals surface area contributed by atoms with E-state index in [1.165, 1.54) is 24.3 Å². The molecule has 1 aliphatic heterocycles. The number of non-ortho nitro benzene ring substituents is 1. The van der Waals surface area contributed by atoms with E-state index in [0.29, 0.717) is 17.2 Å². The highest BCUT2D eigenvalue weighted by molar-refractivity contribution is 7.91. The molecule has 2 N–H and O–H groups in total. The molecule has 0 spiro atoms. The molecule has 0 bridgehead atoms. The third kappa shape index (κ3) is 4.07. The van der Waals surface area contributed by atoms with Gasteiger partial charge in [-0.05, 0) is 37.3 Å². The Labute approximate surface area is 169 Å². The van der Waals surface area contributed by atoms with Crippen molar-refractivity contribution in [2.45, 2.75) is 6.92 Å². The zero-order valence-electron chi connectivity index (χ0n) is 15.9. The molecule has 0 saturated heterocycles. The van der Waals surface area contributed by atoms with Crippen molar-refractivity contribution in [2.75, 3.05) is 18.8 Å². The minimum absolute atomic E-state index is 0.0176. The first-order valence-electron chi connectivity index (χ1n) is 9.03. The Balaban J connectivity index is 1.91. The Morgan fingerprint density at radius 1 is 1.10 bits per heavy atom. The first-order chi connectivity index (χ1) is 13.8. The lowest BCUT2D eigenvalue weighted by molar-refractivity contribution is -0.384. The Morgan fingerprint density at radius 2 is 1.69 bits per heavy atom. The van der Waals surface area contributed by atoms with E-state index in [4.69, 9.17) is 10.5 Å². The number of rotatable bonds is 7. The van der Waals surface area contributed by atoms with Gasteiger partial charge in [-0.1, -0.05) is 6.08 Å². The van der Waals surface area contributed by atoms with Crippen LogP contribution >= 0.6 is 0 Å². The molecule has 1 aliphatic rings. The lowest BCUT2D eigenvalue weighted by atomic mass is 10.2. The molecule has 2 aromatic carbocycles. The summed E-state index contributed by atoms with van der Waals surface area (Å²) in [7, 11) is -3.51. The summed E-state index contributed by atoms with van der Waals surface area (Å²) in [4.78, 5) is 10.3. The van der Waals surface area contributed by atoms with E-state index >= 15 is 0 Å². The lowest BCUT2D eigenvalue weighted by Crippen LogP contribution is -2.51. The normalized spacial score (nSPS) is 18.9. The lowest BCUT2D eigenvalue weighted by Gasteiger charge is -2.34. The Hall–Kier alpha value is -3.01. The van der Waals surface area contributed by atoms with Crippen LogP contribution in [0.15, 0.2) is 72.5 Å². The van der Waals surface area contributed by atoms with Gasteiger partial charge in [0.05, 0.1) is 10.7 Å². The van der Waals surface area contributed by atoms with Crippen LogP contribution in [0.3, 0.4) is 0 Å². The number of quaternary nitrogens is 1. The van der Waals surface area contributed by atoms with Gasteiger partial charge in [0.25, 0.3) is 5.69 Å². The fourth-order valence-electron chi connectivity index (χ4n) is 3.15. The molecular weight excluding hydrogens is 394 g/mol. The Morgan fingerprint density at radius 3 is 2.21 bits per heavy atom. The molecule has 0 aromatic heterocycles. The largest absolute Gasteiger partial charge is 0.457 e. The quantitative estimate of drug-likeness (QED) is 0.420. The molecule has 1 unspecified atom stereocenters.